The van der Waals surface area contributed by atoms with E-state index in [0.29, 0.717) is 11.6 Å². The van der Waals surface area contributed by atoms with E-state index in [1.54, 1.807) is 18.2 Å². The second kappa shape index (κ2) is 5.88. The van der Waals surface area contributed by atoms with Gasteiger partial charge in [-0.3, -0.25) is 9.78 Å². The van der Waals surface area contributed by atoms with Gasteiger partial charge in [0.05, 0.1) is 5.69 Å². The fourth-order valence-electron chi connectivity index (χ4n) is 2.14. The molecule has 0 bridgehead atoms. The van der Waals surface area contributed by atoms with Crippen molar-refractivity contribution >= 4 is 15.9 Å². The summed E-state index contributed by atoms with van der Waals surface area (Å²) in [7, 11) is -3.83. The highest BCUT2D eigenvalue weighted by Crippen LogP contribution is 2.35. The van der Waals surface area contributed by atoms with Gasteiger partial charge in [0.1, 0.15) is 12.0 Å². The van der Waals surface area contributed by atoms with Crippen LogP contribution in [0.25, 0.3) is 0 Å². The SMILES string of the molecule is O=C(NS(=O)(=O)Cc1ccccn1)c1coc(C2CCC2)n1. The quantitative estimate of drug-likeness (QED) is 0.897. The number of hydrogen-bond acceptors (Lipinski definition) is 6. The summed E-state index contributed by atoms with van der Waals surface area (Å²) in [5.41, 5.74) is 0.338. The summed E-state index contributed by atoms with van der Waals surface area (Å²) in [6.45, 7) is 0. The van der Waals surface area contributed by atoms with Crippen LogP contribution < -0.4 is 4.72 Å². The van der Waals surface area contributed by atoms with E-state index >= 15 is 0 Å². The van der Waals surface area contributed by atoms with Crippen LogP contribution in [-0.4, -0.2) is 24.3 Å². The average molecular weight is 321 g/mol. The molecule has 2 aromatic rings. The number of amides is 1. The molecule has 1 aliphatic rings. The Morgan fingerprint density at radius 1 is 1.36 bits per heavy atom. The van der Waals surface area contributed by atoms with Crippen molar-refractivity contribution in [1.29, 1.82) is 0 Å². The number of pyridine rings is 1. The summed E-state index contributed by atoms with van der Waals surface area (Å²) in [6.07, 6.45) is 5.78. The molecule has 1 fully saturated rings. The maximum Gasteiger partial charge on any atom is 0.286 e. The third-order valence-electron chi connectivity index (χ3n) is 3.52. The molecule has 0 aromatic carbocycles. The molecule has 3 rings (SSSR count). The molecule has 116 valence electrons. The molecule has 0 radical (unpaired) electrons. The van der Waals surface area contributed by atoms with Crippen LogP contribution in [0.2, 0.25) is 0 Å². The number of nitrogens with one attached hydrogen (secondary N) is 1. The lowest BCUT2D eigenvalue weighted by atomic mass is 9.85. The van der Waals surface area contributed by atoms with Gasteiger partial charge in [0.15, 0.2) is 11.6 Å². The van der Waals surface area contributed by atoms with Gasteiger partial charge < -0.3 is 4.42 Å². The molecule has 1 amide bonds. The van der Waals surface area contributed by atoms with Crippen LogP contribution in [0.15, 0.2) is 35.1 Å². The smallest absolute Gasteiger partial charge is 0.286 e. The van der Waals surface area contributed by atoms with E-state index in [4.69, 9.17) is 4.42 Å². The number of oxazole rings is 1. The van der Waals surface area contributed by atoms with Crippen molar-refractivity contribution in [2.75, 3.05) is 0 Å². The highest BCUT2D eigenvalue weighted by Gasteiger charge is 2.26. The summed E-state index contributed by atoms with van der Waals surface area (Å²) in [4.78, 5) is 19.9. The Balaban J connectivity index is 1.66. The lowest BCUT2D eigenvalue weighted by Gasteiger charge is -2.21. The Labute approximate surface area is 127 Å². The molecule has 0 saturated heterocycles. The molecule has 0 atom stereocenters. The highest BCUT2D eigenvalue weighted by atomic mass is 32.2. The predicted octanol–water partition coefficient (Wildman–Crippen LogP) is 1.60. The lowest BCUT2D eigenvalue weighted by molar-refractivity contribution is 0.0976. The Morgan fingerprint density at radius 2 is 2.18 bits per heavy atom. The summed E-state index contributed by atoms with van der Waals surface area (Å²) in [5, 5.41) is 0. The number of sulfonamides is 1. The van der Waals surface area contributed by atoms with Crippen LogP contribution in [0.1, 0.15) is 47.3 Å². The molecular weight excluding hydrogens is 306 g/mol. The number of rotatable bonds is 5. The molecule has 7 nitrogen and oxygen atoms in total. The van der Waals surface area contributed by atoms with Crippen molar-refractivity contribution in [1.82, 2.24) is 14.7 Å². The normalized spacial score (nSPS) is 15.3. The first kappa shape index (κ1) is 14.7. The van der Waals surface area contributed by atoms with Gasteiger partial charge >= 0.3 is 0 Å². The average Bonchev–Trinajstić information content (AvgIpc) is 2.86. The Kier molecular flexibility index (Phi) is 3.93. The second-order valence-corrected chi connectivity index (χ2v) is 6.93. The van der Waals surface area contributed by atoms with Crippen molar-refractivity contribution in [3.8, 4) is 0 Å². The van der Waals surface area contributed by atoms with Crippen molar-refractivity contribution in [3.63, 3.8) is 0 Å². The van der Waals surface area contributed by atoms with Gasteiger partial charge in [0.2, 0.25) is 10.0 Å². The Bertz CT molecular complexity index is 766. The van der Waals surface area contributed by atoms with Gasteiger partial charge in [-0.25, -0.2) is 18.1 Å². The number of nitrogens with zero attached hydrogens (tertiary/aromatic N) is 2. The first-order valence-corrected chi connectivity index (χ1v) is 8.59. The zero-order chi connectivity index (χ0) is 15.6. The van der Waals surface area contributed by atoms with Gasteiger partial charge in [-0.05, 0) is 25.0 Å². The summed E-state index contributed by atoms with van der Waals surface area (Å²) < 4.78 is 31.1. The molecule has 1 N–H and O–H groups in total. The molecule has 0 aliphatic heterocycles. The van der Waals surface area contributed by atoms with E-state index in [1.807, 2.05) is 4.72 Å². The Hall–Kier alpha value is -2.22. The third-order valence-corrected chi connectivity index (χ3v) is 4.69. The Morgan fingerprint density at radius 3 is 2.82 bits per heavy atom. The maximum atomic E-state index is 12.0. The van der Waals surface area contributed by atoms with E-state index in [1.165, 1.54) is 12.5 Å². The van der Waals surface area contributed by atoms with Gasteiger partial charge in [-0.1, -0.05) is 12.5 Å². The summed E-state index contributed by atoms with van der Waals surface area (Å²) in [5.74, 6) is -0.414. The number of hydrogen-bond donors (Lipinski definition) is 1. The van der Waals surface area contributed by atoms with Crippen molar-refractivity contribution in [2.45, 2.75) is 30.9 Å². The van der Waals surface area contributed by atoms with E-state index in [2.05, 4.69) is 9.97 Å². The number of carbonyl (C=O) groups excluding carboxylic acids is 1. The number of carbonyl (C=O) groups is 1. The maximum absolute atomic E-state index is 12.0. The molecule has 0 unspecified atom stereocenters. The second-order valence-electron chi connectivity index (χ2n) is 5.21. The van der Waals surface area contributed by atoms with Gasteiger partial charge in [-0.2, -0.15) is 0 Å². The zero-order valence-corrected chi connectivity index (χ0v) is 12.5. The zero-order valence-electron chi connectivity index (χ0n) is 11.7. The molecule has 1 aliphatic carbocycles. The predicted molar refractivity (Wildman–Crippen MR) is 77.4 cm³/mol. The molecule has 2 heterocycles. The van der Waals surface area contributed by atoms with Crippen LogP contribution in [-0.2, 0) is 15.8 Å². The fourth-order valence-corrected chi connectivity index (χ4v) is 3.16. The largest absolute Gasteiger partial charge is 0.448 e. The lowest BCUT2D eigenvalue weighted by Crippen LogP contribution is -2.32. The van der Waals surface area contributed by atoms with Gasteiger partial charge in [0.25, 0.3) is 5.91 Å². The number of aromatic nitrogens is 2. The van der Waals surface area contributed by atoms with Crippen LogP contribution >= 0.6 is 0 Å². The molecular formula is C14H15N3O4S. The molecule has 8 heteroatoms. The minimum atomic E-state index is -3.83. The van der Waals surface area contributed by atoms with E-state index in [9.17, 15) is 13.2 Å². The summed E-state index contributed by atoms with van der Waals surface area (Å²) in [6, 6.07) is 4.95. The molecule has 2 aromatic heterocycles. The first-order chi connectivity index (χ1) is 10.5. The highest BCUT2D eigenvalue weighted by molar-refractivity contribution is 7.89. The van der Waals surface area contributed by atoms with Crippen LogP contribution in [0, 0.1) is 0 Å². The van der Waals surface area contributed by atoms with E-state index in [-0.39, 0.29) is 17.4 Å². The summed E-state index contributed by atoms with van der Waals surface area (Å²) >= 11 is 0. The topological polar surface area (TPSA) is 102 Å². The molecule has 0 spiro atoms. The van der Waals surface area contributed by atoms with Crippen LogP contribution in [0.4, 0.5) is 0 Å². The molecule has 1 saturated carbocycles. The minimum absolute atomic E-state index is 0.0218. The van der Waals surface area contributed by atoms with E-state index in [0.717, 1.165) is 19.3 Å². The first-order valence-electron chi connectivity index (χ1n) is 6.94. The monoisotopic (exact) mass is 321 g/mol. The van der Waals surface area contributed by atoms with Gasteiger partial charge in [-0.15, -0.1) is 0 Å². The van der Waals surface area contributed by atoms with E-state index < -0.39 is 15.9 Å². The molecule has 22 heavy (non-hydrogen) atoms. The van der Waals surface area contributed by atoms with Crippen LogP contribution in [0.5, 0.6) is 0 Å². The third kappa shape index (κ3) is 3.33. The minimum Gasteiger partial charge on any atom is -0.448 e. The van der Waals surface area contributed by atoms with Gasteiger partial charge in [0, 0.05) is 12.1 Å². The van der Waals surface area contributed by atoms with Crippen molar-refractivity contribution in [2.24, 2.45) is 0 Å². The van der Waals surface area contributed by atoms with Crippen molar-refractivity contribution in [3.05, 3.63) is 47.9 Å². The van der Waals surface area contributed by atoms with Crippen molar-refractivity contribution < 1.29 is 17.6 Å². The van der Waals surface area contributed by atoms with Crippen LogP contribution in [0.3, 0.4) is 0 Å². The fraction of sp³-hybridized carbons (Fsp3) is 0.357. The standard InChI is InChI=1S/C14H15N3O4S/c18-13(12-8-21-14(16-12)10-4-3-5-10)17-22(19,20)9-11-6-1-2-7-15-11/h1-2,6-8,10H,3-5,9H2,(H,17,18).